The van der Waals surface area contributed by atoms with Crippen LogP contribution in [0.5, 0.6) is 5.75 Å². The summed E-state index contributed by atoms with van der Waals surface area (Å²) in [6.45, 7) is 4.92. The number of benzene rings is 1. The Bertz CT molecular complexity index is 961. The van der Waals surface area contributed by atoms with Crippen molar-refractivity contribution < 1.29 is 18.7 Å². The molecule has 0 radical (unpaired) electrons. The Labute approximate surface area is 173 Å². The second-order valence-electron chi connectivity index (χ2n) is 6.74. The van der Waals surface area contributed by atoms with Crippen molar-refractivity contribution in [1.82, 2.24) is 9.88 Å². The fourth-order valence-corrected chi connectivity index (χ4v) is 3.45. The standard InChI is InChI=1S/C21H23N3O4S/c1-14-9-15(2)11-17(10-14)27-8-6-24(3)19(25)12-16-13-29-21(22-16)23-20(26)18-5-4-7-28-18/h4-5,7,9-11,13H,6,8,12H2,1-3H3,(H,22,23,26). The minimum Gasteiger partial charge on any atom is -0.492 e. The van der Waals surface area contributed by atoms with Crippen molar-refractivity contribution >= 4 is 28.3 Å². The molecule has 29 heavy (non-hydrogen) atoms. The van der Waals surface area contributed by atoms with E-state index in [1.54, 1.807) is 29.5 Å². The Balaban J connectivity index is 1.45. The van der Waals surface area contributed by atoms with Crippen molar-refractivity contribution in [2.24, 2.45) is 0 Å². The molecule has 0 aliphatic rings. The number of carbonyl (C=O) groups excluding carboxylic acids is 2. The first-order valence-electron chi connectivity index (χ1n) is 9.15. The van der Waals surface area contributed by atoms with Crippen LogP contribution in [0, 0.1) is 13.8 Å². The molecular weight excluding hydrogens is 390 g/mol. The van der Waals surface area contributed by atoms with Crippen molar-refractivity contribution in [2.75, 3.05) is 25.5 Å². The molecule has 8 heteroatoms. The van der Waals surface area contributed by atoms with Crippen molar-refractivity contribution in [1.29, 1.82) is 0 Å². The van der Waals surface area contributed by atoms with Gasteiger partial charge in [0.25, 0.3) is 5.91 Å². The second-order valence-corrected chi connectivity index (χ2v) is 7.60. The molecule has 2 heterocycles. The highest BCUT2D eigenvalue weighted by Crippen LogP contribution is 2.18. The van der Waals surface area contributed by atoms with Crippen LogP contribution in [0.2, 0.25) is 0 Å². The van der Waals surface area contributed by atoms with Gasteiger partial charge in [0.15, 0.2) is 10.9 Å². The summed E-state index contributed by atoms with van der Waals surface area (Å²) < 4.78 is 10.8. The van der Waals surface area contributed by atoms with Crippen LogP contribution in [0.15, 0.2) is 46.4 Å². The summed E-state index contributed by atoms with van der Waals surface area (Å²) in [5.74, 6) is 0.576. The molecule has 0 saturated carbocycles. The lowest BCUT2D eigenvalue weighted by Gasteiger charge is -2.17. The first kappa shape index (κ1) is 20.6. The zero-order chi connectivity index (χ0) is 20.8. The number of nitrogens with zero attached hydrogens (tertiary/aromatic N) is 2. The van der Waals surface area contributed by atoms with Gasteiger partial charge in [-0.15, -0.1) is 11.3 Å². The predicted octanol–water partition coefficient (Wildman–Crippen LogP) is 3.69. The van der Waals surface area contributed by atoms with E-state index in [2.05, 4.69) is 16.4 Å². The summed E-state index contributed by atoms with van der Waals surface area (Å²) in [6, 6.07) is 9.25. The number of nitrogens with one attached hydrogen (secondary N) is 1. The number of amides is 2. The van der Waals surface area contributed by atoms with Gasteiger partial charge in [-0.25, -0.2) is 4.98 Å². The Morgan fingerprint density at radius 1 is 1.24 bits per heavy atom. The van der Waals surface area contributed by atoms with Gasteiger partial charge in [0.05, 0.1) is 24.9 Å². The highest BCUT2D eigenvalue weighted by atomic mass is 32.1. The number of rotatable bonds is 8. The number of likely N-dealkylation sites (N-methyl/N-ethyl adjacent to an activating group) is 1. The third-order valence-corrected chi connectivity index (χ3v) is 4.97. The number of hydrogen-bond donors (Lipinski definition) is 1. The number of ether oxygens (including phenoxy) is 1. The van der Waals surface area contributed by atoms with Gasteiger partial charge in [0.2, 0.25) is 5.91 Å². The van der Waals surface area contributed by atoms with E-state index >= 15 is 0 Å². The Morgan fingerprint density at radius 2 is 2.00 bits per heavy atom. The molecule has 2 aromatic heterocycles. The van der Waals surface area contributed by atoms with Crippen LogP contribution in [0.1, 0.15) is 27.4 Å². The van der Waals surface area contributed by atoms with Crippen molar-refractivity contribution in [3.63, 3.8) is 0 Å². The highest BCUT2D eigenvalue weighted by molar-refractivity contribution is 7.14. The summed E-state index contributed by atoms with van der Waals surface area (Å²) in [4.78, 5) is 30.3. The fourth-order valence-electron chi connectivity index (χ4n) is 2.74. The zero-order valence-corrected chi connectivity index (χ0v) is 17.4. The van der Waals surface area contributed by atoms with Crippen LogP contribution >= 0.6 is 11.3 Å². The lowest BCUT2D eigenvalue weighted by Crippen LogP contribution is -2.32. The van der Waals surface area contributed by atoms with Gasteiger partial charge in [-0.3, -0.25) is 14.9 Å². The van der Waals surface area contributed by atoms with E-state index in [-0.39, 0.29) is 24.0 Å². The monoisotopic (exact) mass is 413 g/mol. The summed E-state index contributed by atoms with van der Waals surface area (Å²) in [5.41, 5.74) is 2.89. The summed E-state index contributed by atoms with van der Waals surface area (Å²) >= 11 is 1.27. The smallest absolute Gasteiger partial charge is 0.293 e. The molecule has 0 spiro atoms. The van der Waals surface area contributed by atoms with Gasteiger partial charge in [-0.1, -0.05) is 6.07 Å². The molecular formula is C21H23N3O4S. The van der Waals surface area contributed by atoms with E-state index in [0.717, 1.165) is 16.9 Å². The third-order valence-electron chi connectivity index (χ3n) is 4.17. The summed E-state index contributed by atoms with van der Waals surface area (Å²) in [6.07, 6.45) is 1.59. The van der Waals surface area contributed by atoms with E-state index in [0.29, 0.717) is 24.0 Å². The summed E-state index contributed by atoms with van der Waals surface area (Å²) in [7, 11) is 1.74. The van der Waals surface area contributed by atoms with Gasteiger partial charge in [-0.2, -0.15) is 0 Å². The fraction of sp³-hybridized carbons (Fsp3) is 0.286. The van der Waals surface area contributed by atoms with Gasteiger partial charge in [0.1, 0.15) is 12.4 Å². The van der Waals surface area contributed by atoms with Crippen molar-refractivity contribution in [3.8, 4) is 5.75 Å². The quantitative estimate of drug-likeness (QED) is 0.609. The molecule has 0 saturated heterocycles. The van der Waals surface area contributed by atoms with E-state index in [1.165, 1.54) is 17.6 Å². The summed E-state index contributed by atoms with van der Waals surface area (Å²) in [5, 5.41) is 4.84. The van der Waals surface area contributed by atoms with Crippen LogP contribution in [0.3, 0.4) is 0 Å². The highest BCUT2D eigenvalue weighted by Gasteiger charge is 2.15. The normalized spacial score (nSPS) is 10.6. The average molecular weight is 413 g/mol. The maximum atomic E-state index is 12.4. The van der Waals surface area contributed by atoms with Crippen LogP contribution in [-0.4, -0.2) is 41.9 Å². The predicted molar refractivity (Wildman–Crippen MR) is 112 cm³/mol. The molecule has 1 aromatic carbocycles. The lowest BCUT2D eigenvalue weighted by molar-refractivity contribution is -0.129. The maximum Gasteiger partial charge on any atom is 0.293 e. The van der Waals surface area contributed by atoms with Crippen LogP contribution in [0.25, 0.3) is 0 Å². The lowest BCUT2D eigenvalue weighted by atomic mass is 10.1. The van der Waals surface area contributed by atoms with Crippen LogP contribution < -0.4 is 10.1 Å². The molecule has 3 aromatic rings. The molecule has 0 aliphatic carbocycles. The molecule has 0 bridgehead atoms. The maximum absolute atomic E-state index is 12.4. The van der Waals surface area contributed by atoms with Crippen molar-refractivity contribution in [2.45, 2.75) is 20.3 Å². The number of aromatic nitrogens is 1. The number of anilines is 1. The van der Waals surface area contributed by atoms with Gasteiger partial charge >= 0.3 is 0 Å². The first-order valence-corrected chi connectivity index (χ1v) is 10.0. The van der Waals surface area contributed by atoms with Gasteiger partial charge in [-0.05, 0) is 49.2 Å². The average Bonchev–Trinajstić information content (AvgIpc) is 3.33. The molecule has 1 N–H and O–H groups in total. The minimum atomic E-state index is -0.372. The number of furan rings is 1. The topological polar surface area (TPSA) is 84.7 Å². The Morgan fingerprint density at radius 3 is 2.69 bits per heavy atom. The Hall–Kier alpha value is -3.13. The van der Waals surface area contributed by atoms with Gasteiger partial charge < -0.3 is 14.1 Å². The second kappa shape index (κ2) is 9.38. The molecule has 0 atom stereocenters. The van der Waals surface area contributed by atoms with Gasteiger partial charge in [0, 0.05) is 12.4 Å². The van der Waals surface area contributed by atoms with Crippen molar-refractivity contribution in [3.05, 3.63) is 64.6 Å². The molecule has 3 rings (SSSR count). The first-order chi connectivity index (χ1) is 13.9. The molecule has 7 nitrogen and oxygen atoms in total. The van der Waals surface area contributed by atoms with E-state index in [9.17, 15) is 9.59 Å². The molecule has 0 unspecified atom stereocenters. The van der Waals surface area contributed by atoms with Crippen LogP contribution in [-0.2, 0) is 11.2 Å². The largest absolute Gasteiger partial charge is 0.492 e. The van der Waals surface area contributed by atoms with E-state index in [1.807, 2.05) is 26.0 Å². The molecule has 152 valence electrons. The molecule has 2 amide bonds. The minimum absolute atomic E-state index is 0.0665. The number of hydrogen-bond acceptors (Lipinski definition) is 6. The van der Waals surface area contributed by atoms with E-state index in [4.69, 9.17) is 9.15 Å². The number of carbonyl (C=O) groups is 2. The molecule has 0 aliphatic heterocycles. The molecule has 0 fully saturated rings. The Kier molecular flexibility index (Phi) is 6.66. The number of thiazole rings is 1. The van der Waals surface area contributed by atoms with E-state index < -0.39 is 0 Å². The van der Waals surface area contributed by atoms with Crippen LogP contribution in [0.4, 0.5) is 5.13 Å². The third kappa shape index (κ3) is 5.92. The zero-order valence-electron chi connectivity index (χ0n) is 16.6. The number of aryl methyl sites for hydroxylation is 2. The SMILES string of the molecule is Cc1cc(C)cc(OCCN(C)C(=O)Cc2csc(NC(=O)c3ccco3)n2)c1.